The van der Waals surface area contributed by atoms with Crippen molar-refractivity contribution in [3.8, 4) is 0 Å². The fourth-order valence-electron chi connectivity index (χ4n) is 1.29. The second-order valence-electron chi connectivity index (χ2n) is 4.84. The zero-order valence-corrected chi connectivity index (χ0v) is 11.0. The molecule has 0 aliphatic rings. The minimum atomic E-state index is -0.662. The lowest BCUT2D eigenvalue weighted by Gasteiger charge is -2.19. The highest BCUT2D eigenvalue weighted by Gasteiger charge is 2.16. The third kappa shape index (κ3) is 5.31. The molecule has 0 unspecified atom stereocenters. The smallest absolute Gasteiger partial charge is 0.412 e. The maximum atomic E-state index is 13.6. The van der Waals surface area contributed by atoms with E-state index in [2.05, 4.69) is 10.3 Å². The summed E-state index contributed by atoms with van der Waals surface area (Å²) >= 11 is 0. The third-order valence-electron chi connectivity index (χ3n) is 2.01. The summed E-state index contributed by atoms with van der Waals surface area (Å²) in [5.41, 5.74) is -0.106. The van der Waals surface area contributed by atoms with Crippen LogP contribution >= 0.6 is 0 Å². The molecule has 0 fully saturated rings. The lowest BCUT2D eigenvalue weighted by Crippen LogP contribution is -2.27. The van der Waals surface area contributed by atoms with Crippen LogP contribution in [0.2, 0.25) is 0 Å². The van der Waals surface area contributed by atoms with Gasteiger partial charge < -0.3 is 4.74 Å². The number of carbonyl (C=O) groups is 1. The van der Waals surface area contributed by atoms with Crippen molar-refractivity contribution < 1.29 is 18.7 Å². The number of halogens is 1. The molecular formula is C13H15FN2O3. The van der Waals surface area contributed by atoms with Crippen molar-refractivity contribution >= 4 is 17.9 Å². The lowest BCUT2D eigenvalue weighted by atomic mass is 10.2. The van der Waals surface area contributed by atoms with Gasteiger partial charge in [0.05, 0.1) is 6.54 Å². The molecule has 1 rings (SSSR count). The van der Waals surface area contributed by atoms with Crippen molar-refractivity contribution in [1.82, 2.24) is 0 Å². The minimum absolute atomic E-state index is 0.0813. The molecule has 0 saturated heterocycles. The van der Waals surface area contributed by atoms with Gasteiger partial charge in [-0.25, -0.2) is 19.0 Å². The monoisotopic (exact) mass is 266 g/mol. The molecule has 102 valence electrons. The summed E-state index contributed by atoms with van der Waals surface area (Å²) in [5.74, 6) is -0.562. The van der Waals surface area contributed by atoms with Gasteiger partial charge in [0.25, 0.3) is 0 Å². The highest BCUT2D eigenvalue weighted by atomic mass is 19.1. The summed E-state index contributed by atoms with van der Waals surface area (Å²) in [7, 11) is 0. The topological polar surface area (TPSA) is 67.8 Å². The molecule has 0 saturated carbocycles. The van der Waals surface area contributed by atoms with E-state index in [1.54, 1.807) is 20.8 Å². The second kappa shape index (κ2) is 6.11. The van der Waals surface area contributed by atoms with Gasteiger partial charge in [0, 0.05) is 11.3 Å². The summed E-state index contributed by atoms with van der Waals surface area (Å²) in [6.07, 6.45) is 0.673. The summed E-state index contributed by atoms with van der Waals surface area (Å²) in [4.78, 5) is 24.7. The van der Waals surface area contributed by atoms with Crippen molar-refractivity contribution in [2.45, 2.75) is 32.9 Å². The summed E-state index contributed by atoms with van der Waals surface area (Å²) < 4.78 is 18.6. The van der Waals surface area contributed by atoms with E-state index in [1.165, 1.54) is 18.2 Å². The van der Waals surface area contributed by atoms with E-state index in [0.717, 1.165) is 6.07 Å². The van der Waals surface area contributed by atoms with Crippen LogP contribution in [0.5, 0.6) is 0 Å². The number of carbonyl (C=O) groups excluding carboxylic acids is 2. The first kappa shape index (κ1) is 14.9. The zero-order valence-electron chi connectivity index (χ0n) is 11.0. The summed E-state index contributed by atoms with van der Waals surface area (Å²) in [6, 6.07) is 4.07. The van der Waals surface area contributed by atoms with Gasteiger partial charge >= 0.3 is 6.09 Å². The van der Waals surface area contributed by atoms with E-state index < -0.39 is 17.5 Å². The van der Waals surface area contributed by atoms with Gasteiger partial charge in [0.1, 0.15) is 11.4 Å². The second-order valence-corrected chi connectivity index (χ2v) is 4.84. The number of ether oxygens (including phenoxy) is 1. The number of hydrogen-bond donors (Lipinski definition) is 1. The van der Waals surface area contributed by atoms with Gasteiger partial charge in [0.15, 0.2) is 0 Å². The number of benzene rings is 1. The number of nitrogens with one attached hydrogen (secondary N) is 1. The largest absolute Gasteiger partial charge is 0.444 e. The maximum Gasteiger partial charge on any atom is 0.412 e. The van der Waals surface area contributed by atoms with Crippen molar-refractivity contribution in [3.05, 3.63) is 29.6 Å². The van der Waals surface area contributed by atoms with E-state index in [-0.39, 0.29) is 17.8 Å². The van der Waals surface area contributed by atoms with Crippen molar-refractivity contribution in [2.24, 2.45) is 4.99 Å². The number of rotatable bonds is 3. The molecule has 1 amide bonds. The average molecular weight is 266 g/mol. The Kier molecular flexibility index (Phi) is 4.78. The van der Waals surface area contributed by atoms with E-state index >= 15 is 0 Å². The van der Waals surface area contributed by atoms with Crippen LogP contribution in [0.3, 0.4) is 0 Å². The Morgan fingerprint density at radius 2 is 2.16 bits per heavy atom. The normalized spacial score (nSPS) is 10.5. The van der Waals surface area contributed by atoms with Gasteiger partial charge in [-0.3, -0.25) is 5.32 Å². The third-order valence-corrected chi connectivity index (χ3v) is 2.01. The standard InChI is InChI=1S/C13H15FN2O3/c1-13(2,3)19-12(18)16-10-5-4-9(7-15-8-17)11(14)6-10/h4-6H,7H2,1-3H3,(H,16,18). The zero-order chi connectivity index (χ0) is 14.5. The number of aliphatic imine (C=N–C) groups is 1. The highest BCUT2D eigenvalue weighted by Crippen LogP contribution is 2.16. The van der Waals surface area contributed by atoms with E-state index in [1.807, 2.05) is 0 Å². The molecule has 6 heteroatoms. The van der Waals surface area contributed by atoms with Gasteiger partial charge in [0.2, 0.25) is 6.08 Å². The van der Waals surface area contributed by atoms with E-state index in [0.29, 0.717) is 0 Å². The van der Waals surface area contributed by atoms with Crippen molar-refractivity contribution in [1.29, 1.82) is 0 Å². The number of nitrogens with zero attached hydrogens (tertiary/aromatic N) is 1. The first-order valence-corrected chi connectivity index (χ1v) is 5.64. The predicted octanol–water partition coefficient (Wildman–Crippen LogP) is 3.01. The van der Waals surface area contributed by atoms with E-state index in [9.17, 15) is 14.0 Å². The van der Waals surface area contributed by atoms with Crippen LogP contribution in [0.1, 0.15) is 26.3 Å². The van der Waals surface area contributed by atoms with Crippen molar-refractivity contribution in [3.63, 3.8) is 0 Å². The number of isocyanates is 1. The van der Waals surface area contributed by atoms with Crippen LogP contribution in [-0.2, 0) is 16.1 Å². The first-order valence-electron chi connectivity index (χ1n) is 5.64. The van der Waals surface area contributed by atoms with E-state index in [4.69, 9.17) is 4.74 Å². The molecule has 0 heterocycles. The van der Waals surface area contributed by atoms with Crippen LogP contribution < -0.4 is 5.32 Å². The molecule has 0 aromatic heterocycles. The van der Waals surface area contributed by atoms with Crippen LogP contribution in [0.4, 0.5) is 14.9 Å². The number of hydrogen-bond acceptors (Lipinski definition) is 4. The molecule has 0 bridgehead atoms. The molecule has 0 aliphatic heterocycles. The van der Waals surface area contributed by atoms with Gasteiger partial charge in [-0.1, -0.05) is 6.07 Å². The van der Waals surface area contributed by atoms with Gasteiger partial charge in [-0.2, -0.15) is 0 Å². The molecule has 0 radical (unpaired) electrons. The van der Waals surface area contributed by atoms with Crippen LogP contribution in [0, 0.1) is 5.82 Å². The molecule has 5 nitrogen and oxygen atoms in total. The van der Waals surface area contributed by atoms with Crippen molar-refractivity contribution in [2.75, 3.05) is 5.32 Å². The van der Waals surface area contributed by atoms with Crippen LogP contribution in [0.15, 0.2) is 23.2 Å². The molecule has 0 atom stereocenters. The molecule has 1 aromatic carbocycles. The number of amides is 1. The summed E-state index contributed by atoms with van der Waals surface area (Å²) in [6.45, 7) is 5.11. The Balaban J connectivity index is 2.73. The number of anilines is 1. The molecule has 0 spiro atoms. The Bertz CT molecular complexity index is 517. The van der Waals surface area contributed by atoms with Crippen LogP contribution in [0.25, 0.3) is 0 Å². The fraction of sp³-hybridized carbons (Fsp3) is 0.385. The Hall–Kier alpha value is -2.20. The molecule has 0 aliphatic carbocycles. The van der Waals surface area contributed by atoms with Gasteiger partial charge in [-0.05, 0) is 32.9 Å². The van der Waals surface area contributed by atoms with Crippen LogP contribution in [-0.4, -0.2) is 17.8 Å². The SMILES string of the molecule is CC(C)(C)OC(=O)Nc1ccc(CN=C=O)c(F)c1. The quantitative estimate of drug-likeness (QED) is 0.675. The maximum absolute atomic E-state index is 13.6. The molecular weight excluding hydrogens is 251 g/mol. The summed E-state index contributed by atoms with van der Waals surface area (Å²) in [5, 5.41) is 2.41. The Morgan fingerprint density at radius 3 is 2.68 bits per heavy atom. The lowest BCUT2D eigenvalue weighted by molar-refractivity contribution is 0.0636. The first-order chi connectivity index (χ1) is 8.81. The molecule has 19 heavy (non-hydrogen) atoms. The van der Waals surface area contributed by atoms with Gasteiger partial charge in [-0.15, -0.1) is 0 Å². The predicted molar refractivity (Wildman–Crippen MR) is 68.1 cm³/mol. The Morgan fingerprint density at radius 1 is 1.47 bits per heavy atom. The molecule has 1 aromatic rings. The highest BCUT2D eigenvalue weighted by molar-refractivity contribution is 5.84. The Labute approximate surface area is 110 Å². The molecule has 1 N–H and O–H groups in total. The average Bonchev–Trinajstić information content (AvgIpc) is 2.25. The minimum Gasteiger partial charge on any atom is -0.444 e. The fourth-order valence-corrected chi connectivity index (χ4v) is 1.29.